The van der Waals surface area contributed by atoms with E-state index in [2.05, 4.69) is 31.0 Å². The minimum atomic E-state index is 0.00611. The Bertz CT molecular complexity index is 593. The van der Waals surface area contributed by atoms with Crippen LogP contribution in [0.1, 0.15) is 54.6 Å². The van der Waals surface area contributed by atoms with Gasteiger partial charge in [0.1, 0.15) is 0 Å². The smallest absolute Gasteiger partial charge is 0.251 e. The van der Waals surface area contributed by atoms with Crippen molar-refractivity contribution in [2.75, 3.05) is 6.54 Å². The van der Waals surface area contributed by atoms with Crippen molar-refractivity contribution in [3.05, 3.63) is 34.9 Å². The quantitative estimate of drug-likeness (QED) is 0.820. The first-order chi connectivity index (χ1) is 9.91. The maximum Gasteiger partial charge on any atom is 0.251 e. The predicted molar refractivity (Wildman–Crippen MR) is 86.0 cm³/mol. The SMILES string of the molecule is Cc1ccc(C#CCN)cc1C(=O)NC1CCC(C)(C)C1. The first-order valence-electron chi connectivity index (χ1n) is 7.52. The van der Waals surface area contributed by atoms with Crippen molar-refractivity contribution < 1.29 is 4.79 Å². The minimum absolute atomic E-state index is 0.00611. The van der Waals surface area contributed by atoms with Crippen LogP contribution in [0.25, 0.3) is 0 Å². The lowest BCUT2D eigenvalue weighted by Crippen LogP contribution is -2.34. The molecule has 1 aliphatic rings. The number of hydrogen-bond donors (Lipinski definition) is 2. The number of carbonyl (C=O) groups is 1. The van der Waals surface area contributed by atoms with E-state index >= 15 is 0 Å². The lowest BCUT2D eigenvalue weighted by Gasteiger charge is -2.18. The molecule has 1 saturated carbocycles. The highest BCUT2D eigenvalue weighted by atomic mass is 16.1. The largest absolute Gasteiger partial charge is 0.349 e. The van der Waals surface area contributed by atoms with Crippen LogP contribution in [0.2, 0.25) is 0 Å². The van der Waals surface area contributed by atoms with Crippen molar-refractivity contribution in [1.29, 1.82) is 0 Å². The number of carbonyl (C=O) groups excluding carboxylic acids is 1. The Kier molecular flexibility index (Phi) is 4.69. The molecule has 1 amide bonds. The number of nitrogens with two attached hydrogens (primary N) is 1. The van der Waals surface area contributed by atoms with Crippen molar-refractivity contribution in [2.24, 2.45) is 11.1 Å². The van der Waals surface area contributed by atoms with Gasteiger partial charge in [0.15, 0.2) is 0 Å². The Morgan fingerprint density at radius 1 is 1.48 bits per heavy atom. The van der Waals surface area contributed by atoms with E-state index in [0.717, 1.165) is 24.0 Å². The molecule has 0 heterocycles. The Hall–Kier alpha value is -1.79. The summed E-state index contributed by atoms with van der Waals surface area (Å²) in [6.07, 6.45) is 3.27. The van der Waals surface area contributed by atoms with Gasteiger partial charge >= 0.3 is 0 Å². The molecule has 1 aliphatic carbocycles. The van der Waals surface area contributed by atoms with Gasteiger partial charge in [-0.05, 0) is 49.3 Å². The Morgan fingerprint density at radius 3 is 2.86 bits per heavy atom. The van der Waals surface area contributed by atoms with Crippen LogP contribution in [0.5, 0.6) is 0 Å². The van der Waals surface area contributed by atoms with E-state index in [0.29, 0.717) is 17.5 Å². The highest BCUT2D eigenvalue weighted by Crippen LogP contribution is 2.37. The predicted octanol–water partition coefficient (Wildman–Crippen LogP) is 2.61. The molecular weight excluding hydrogens is 260 g/mol. The molecule has 1 unspecified atom stereocenters. The second-order valence-electron chi connectivity index (χ2n) is 6.61. The molecule has 0 radical (unpaired) electrons. The molecule has 1 atom stereocenters. The highest BCUT2D eigenvalue weighted by molar-refractivity contribution is 5.96. The van der Waals surface area contributed by atoms with Gasteiger partial charge in [-0.3, -0.25) is 4.79 Å². The molecule has 2 rings (SSSR count). The molecule has 1 aromatic carbocycles. The molecule has 0 saturated heterocycles. The average Bonchev–Trinajstić information content (AvgIpc) is 2.76. The first-order valence-corrected chi connectivity index (χ1v) is 7.52. The molecule has 3 N–H and O–H groups in total. The Labute approximate surface area is 127 Å². The summed E-state index contributed by atoms with van der Waals surface area (Å²) >= 11 is 0. The lowest BCUT2D eigenvalue weighted by atomic mass is 9.92. The van der Waals surface area contributed by atoms with Crippen LogP contribution in [-0.2, 0) is 0 Å². The summed E-state index contributed by atoms with van der Waals surface area (Å²) in [5.74, 6) is 5.80. The minimum Gasteiger partial charge on any atom is -0.349 e. The van der Waals surface area contributed by atoms with Gasteiger partial charge in [-0.25, -0.2) is 0 Å². The standard InChI is InChI=1S/C18H24N2O/c1-13-6-7-14(5-4-10-19)11-16(13)17(21)20-15-8-9-18(2,3)12-15/h6-7,11,15H,8-10,12,19H2,1-3H3,(H,20,21). The maximum absolute atomic E-state index is 12.5. The monoisotopic (exact) mass is 284 g/mol. The fourth-order valence-electron chi connectivity index (χ4n) is 2.92. The maximum atomic E-state index is 12.5. The molecule has 3 nitrogen and oxygen atoms in total. The molecule has 0 aromatic heterocycles. The van der Waals surface area contributed by atoms with Gasteiger partial charge in [0.05, 0.1) is 6.54 Å². The van der Waals surface area contributed by atoms with Gasteiger partial charge in [0.2, 0.25) is 0 Å². The summed E-state index contributed by atoms with van der Waals surface area (Å²) in [4.78, 5) is 12.5. The van der Waals surface area contributed by atoms with Crippen molar-refractivity contribution in [3.63, 3.8) is 0 Å². The zero-order chi connectivity index (χ0) is 15.5. The first kappa shape index (κ1) is 15.6. The highest BCUT2D eigenvalue weighted by Gasteiger charge is 2.31. The summed E-state index contributed by atoms with van der Waals surface area (Å²) in [6, 6.07) is 6.00. The molecule has 0 bridgehead atoms. The zero-order valence-corrected chi connectivity index (χ0v) is 13.1. The van der Waals surface area contributed by atoms with Crippen LogP contribution < -0.4 is 11.1 Å². The molecule has 0 spiro atoms. The van der Waals surface area contributed by atoms with Crippen LogP contribution >= 0.6 is 0 Å². The van der Waals surface area contributed by atoms with Crippen LogP contribution in [0.15, 0.2) is 18.2 Å². The van der Waals surface area contributed by atoms with E-state index < -0.39 is 0 Å². The molecule has 3 heteroatoms. The average molecular weight is 284 g/mol. The van der Waals surface area contributed by atoms with Crippen molar-refractivity contribution >= 4 is 5.91 Å². The van der Waals surface area contributed by atoms with E-state index in [-0.39, 0.29) is 11.9 Å². The number of aryl methyl sites for hydroxylation is 1. The number of rotatable bonds is 2. The second kappa shape index (κ2) is 6.32. The van der Waals surface area contributed by atoms with Crippen molar-refractivity contribution in [2.45, 2.75) is 46.1 Å². The zero-order valence-electron chi connectivity index (χ0n) is 13.1. The van der Waals surface area contributed by atoms with Gasteiger partial charge < -0.3 is 11.1 Å². The Morgan fingerprint density at radius 2 is 2.24 bits per heavy atom. The second-order valence-corrected chi connectivity index (χ2v) is 6.61. The number of nitrogens with one attached hydrogen (secondary N) is 1. The molecule has 21 heavy (non-hydrogen) atoms. The van der Waals surface area contributed by atoms with Gasteiger partial charge in [0.25, 0.3) is 5.91 Å². The molecule has 1 fully saturated rings. The van der Waals surface area contributed by atoms with E-state index in [9.17, 15) is 4.79 Å². The normalized spacial score (nSPS) is 19.7. The van der Waals surface area contributed by atoms with E-state index in [1.54, 1.807) is 0 Å². The van der Waals surface area contributed by atoms with Gasteiger partial charge in [-0.2, -0.15) is 0 Å². The molecule has 112 valence electrons. The molecule has 0 aliphatic heterocycles. The number of hydrogen-bond acceptors (Lipinski definition) is 2. The Balaban J connectivity index is 2.12. The summed E-state index contributed by atoms with van der Waals surface area (Å²) < 4.78 is 0. The summed E-state index contributed by atoms with van der Waals surface area (Å²) in [6.45, 7) is 6.79. The van der Waals surface area contributed by atoms with E-state index in [4.69, 9.17) is 5.73 Å². The summed E-state index contributed by atoms with van der Waals surface area (Å²) in [5, 5.41) is 3.16. The van der Waals surface area contributed by atoms with Gasteiger partial charge in [-0.1, -0.05) is 31.8 Å². The van der Waals surface area contributed by atoms with Crippen LogP contribution in [0, 0.1) is 24.2 Å². The van der Waals surface area contributed by atoms with Crippen LogP contribution in [-0.4, -0.2) is 18.5 Å². The van der Waals surface area contributed by atoms with Crippen molar-refractivity contribution in [1.82, 2.24) is 5.32 Å². The third-order valence-electron chi connectivity index (χ3n) is 4.12. The fourth-order valence-corrected chi connectivity index (χ4v) is 2.92. The van der Waals surface area contributed by atoms with E-state index in [1.807, 2.05) is 25.1 Å². The van der Waals surface area contributed by atoms with Crippen LogP contribution in [0.4, 0.5) is 0 Å². The topological polar surface area (TPSA) is 55.1 Å². The van der Waals surface area contributed by atoms with Gasteiger partial charge in [-0.15, -0.1) is 0 Å². The van der Waals surface area contributed by atoms with E-state index in [1.165, 1.54) is 6.42 Å². The third kappa shape index (κ3) is 4.09. The van der Waals surface area contributed by atoms with Crippen LogP contribution in [0.3, 0.4) is 0 Å². The third-order valence-corrected chi connectivity index (χ3v) is 4.12. The summed E-state index contributed by atoms with van der Waals surface area (Å²) in [5.41, 5.74) is 8.24. The molecular formula is C18H24N2O. The fraction of sp³-hybridized carbons (Fsp3) is 0.500. The number of amides is 1. The van der Waals surface area contributed by atoms with Gasteiger partial charge in [0, 0.05) is 17.2 Å². The molecule has 1 aromatic rings. The lowest BCUT2D eigenvalue weighted by molar-refractivity contribution is 0.0935. The summed E-state index contributed by atoms with van der Waals surface area (Å²) in [7, 11) is 0. The number of benzene rings is 1. The van der Waals surface area contributed by atoms with Crippen molar-refractivity contribution in [3.8, 4) is 11.8 Å².